The molecule has 1 rings (SSSR count). The number of benzene rings is 1. The molecule has 1 amide bonds. The van der Waals surface area contributed by atoms with E-state index in [2.05, 4.69) is 5.32 Å². The summed E-state index contributed by atoms with van der Waals surface area (Å²) in [5, 5.41) is 11.6. The van der Waals surface area contributed by atoms with Gasteiger partial charge in [0.1, 0.15) is 0 Å². The smallest absolute Gasteiger partial charge is 0.337 e. The summed E-state index contributed by atoms with van der Waals surface area (Å²) < 4.78 is 25.5. The quantitative estimate of drug-likeness (QED) is 0.797. The van der Waals surface area contributed by atoms with Crippen LogP contribution in [0.5, 0.6) is 0 Å². The molecule has 7 nitrogen and oxygen atoms in total. The largest absolute Gasteiger partial charge is 0.478 e. The summed E-state index contributed by atoms with van der Waals surface area (Å²) in [4.78, 5) is 22.4. The van der Waals surface area contributed by atoms with Crippen LogP contribution in [-0.2, 0) is 14.8 Å². The normalized spacial score (nSPS) is 11.7. The first-order chi connectivity index (χ1) is 9.66. The van der Waals surface area contributed by atoms with Gasteiger partial charge in [0.2, 0.25) is 15.9 Å². The number of amides is 1. The first-order valence-corrected chi connectivity index (χ1v) is 7.68. The zero-order valence-corrected chi connectivity index (χ0v) is 12.8. The minimum Gasteiger partial charge on any atom is -0.478 e. The molecule has 0 aliphatic rings. The summed E-state index contributed by atoms with van der Waals surface area (Å²) in [6.45, 7) is 3.13. The lowest BCUT2D eigenvalue weighted by atomic mass is 10.2. The van der Waals surface area contributed by atoms with E-state index in [0.29, 0.717) is 0 Å². The SMILES string of the molecule is CC(C)NC(=O)CN(C)S(=O)(=O)c1ccccc1C(=O)O. The second-order valence-electron chi connectivity index (χ2n) is 4.78. The minimum absolute atomic E-state index is 0.111. The van der Waals surface area contributed by atoms with Gasteiger partial charge in [-0.2, -0.15) is 4.31 Å². The van der Waals surface area contributed by atoms with Crippen LogP contribution in [0.1, 0.15) is 24.2 Å². The van der Waals surface area contributed by atoms with Gasteiger partial charge in [-0.1, -0.05) is 12.1 Å². The average Bonchev–Trinajstić information content (AvgIpc) is 2.37. The van der Waals surface area contributed by atoms with E-state index >= 15 is 0 Å². The van der Waals surface area contributed by atoms with Crippen LogP contribution in [0.15, 0.2) is 29.2 Å². The summed E-state index contributed by atoms with van der Waals surface area (Å²) in [5.41, 5.74) is -0.325. The number of nitrogens with zero attached hydrogens (tertiary/aromatic N) is 1. The van der Waals surface area contributed by atoms with Crippen molar-refractivity contribution in [2.75, 3.05) is 13.6 Å². The average molecular weight is 314 g/mol. The molecule has 0 saturated heterocycles. The second-order valence-corrected chi connectivity index (χ2v) is 6.80. The molecular formula is C13H18N2O5S. The van der Waals surface area contributed by atoms with Crippen molar-refractivity contribution < 1.29 is 23.1 Å². The van der Waals surface area contributed by atoms with Gasteiger partial charge in [-0.05, 0) is 26.0 Å². The predicted octanol–water partition coefficient (Wildman–Crippen LogP) is 0.530. The van der Waals surface area contributed by atoms with Crippen LogP contribution in [0.2, 0.25) is 0 Å². The van der Waals surface area contributed by atoms with Crippen LogP contribution >= 0.6 is 0 Å². The molecule has 1 aromatic rings. The maximum atomic E-state index is 12.4. The van der Waals surface area contributed by atoms with Crippen molar-refractivity contribution in [1.29, 1.82) is 0 Å². The highest BCUT2D eigenvalue weighted by Gasteiger charge is 2.27. The summed E-state index contributed by atoms with van der Waals surface area (Å²) >= 11 is 0. The van der Waals surface area contributed by atoms with E-state index in [0.717, 1.165) is 4.31 Å². The Morgan fingerprint density at radius 3 is 2.38 bits per heavy atom. The standard InChI is InChI=1S/C13H18N2O5S/c1-9(2)14-12(16)8-15(3)21(19,20)11-7-5-4-6-10(11)13(17)18/h4-7,9H,8H2,1-3H3,(H,14,16)(H,17,18). The molecule has 116 valence electrons. The Morgan fingerprint density at radius 2 is 1.86 bits per heavy atom. The van der Waals surface area contributed by atoms with E-state index in [-0.39, 0.29) is 23.0 Å². The van der Waals surface area contributed by atoms with Crippen LogP contribution < -0.4 is 5.32 Å². The summed E-state index contributed by atoms with van der Waals surface area (Å²) in [7, 11) is -2.82. The molecule has 0 atom stereocenters. The number of carboxylic acids is 1. The highest BCUT2D eigenvalue weighted by molar-refractivity contribution is 7.89. The number of sulfonamides is 1. The van der Waals surface area contributed by atoms with Crippen LogP contribution in [0.3, 0.4) is 0 Å². The Kier molecular flexibility index (Phi) is 5.45. The predicted molar refractivity (Wildman–Crippen MR) is 76.5 cm³/mol. The van der Waals surface area contributed by atoms with Gasteiger partial charge in [-0.25, -0.2) is 13.2 Å². The Hall–Kier alpha value is -1.93. The number of hydrogen-bond acceptors (Lipinski definition) is 4. The van der Waals surface area contributed by atoms with Crippen LogP contribution in [-0.4, -0.2) is 49.3 Å². The molecule has 0 aliphatic carbocycles. The monoisotopic (exact) mass is 314 g/mol. The van der Waals surface area contributed by atoms with Gasteiger partial charge in [-0.15, -0.1) is 0 Å². The van der Waals surface area contributed by atoms with E-state index in [1.165, 1.54) is 31.3 Å². The van der Waals surface area contributed by atoms with Gasteiger partial charge in [0.15, 0.2) is 0 Å². The molecule has 0 spiro atoms. The lowest BCUT2D eigenvalue weighted by Gasteiger charge is -2.18. The maximum absolute atomic E-state index is 12.4. The molecule has 21 heavy (non-hydrogen) atoms. The lowest BCUT2D eigenvalue weighted by molar-refractivity contribution is -0.121. The van der Waals surface area contributed by atoms with E-state index in [4.69, 9.17) is 5.11 Å². The molecule has 2 N–H and O–H groups in total. The zero-order valence-electron chi connectivity index (χ0n) is 12.0. The summed E-state index contributed by atoms with van der Waals surface area (Å²) in [5.74, 6) is -1.79. The van der Waals surface area contributed by atoms with Crippen molar-refractivity contribution in [3.8, 4) is 0 Å². The van der Waals surface area contributed by atoms with Crippen molar-refractivity contribution in [2.45, 2.75) is 24.8 Å². The van der Waals surface area contributed by atoms with Gasteiger partial charge >= 0.3 is 5.97 Å². The van der Waals surface area contributed by atoms with Crippen LogP contribution in [0.4, 0.5) is 0 Å². The van der Waals surface area contributed by atoms with Crippen molar-refractivity contribution >= 4 is 21.9 Å². The summed E-state index contributed by atoms with van der Waals surface area (Å²) in [6.07, 6.45) is 0. The number of nitrogens with one attached hydrogen (secondary N) is 1. The van der Waals surface area contributed by atoms with Gasteiger partial charge in [0.05, 0.1) is 17.0 Å². The minimum atomic E-state index is -4.05. The first-order valence-electron chi connectivity index (χ1n) is 6.24. The molecule has 0 radical (unpaired) electrons. The number of aromatic carboxylic acids is 1. The van der Waals surface area contributed by atoms with Crippen LogP contribution in [0, 0.1) is 0 Å². The van der Waals surface area contributed by atoms with Crippen molar-refractivity contribution in [3.05, 3.63) is 29.8 Å². The third-order valence-electron chi connectivity index (χ3n) is 2.62. The van der Waals surface area contributed by atoms with Gasteiger partial charge in [0, 0.05) is 13.1 Å². The number of hydrogen-bond donors (Lipinski definition) is 2. The number of carbonyl (C=O) groups excluding carboxylic acids is 1. The highest BCUT2D eigenvalue weighted by atomic mass is 32.2. The van der Waals surface area contributed by atoms with Gasteiger partial charge in [0.25, 0.3) is 0 Å². The molecule has 0 aliphatic heterocycles. The van der Waals surface area contributed by atoms with E-state index < -0.39 is 21.9 Å². The number of rotatable bonds is 6. The number of likely N-dealkylation sites (N-methyl/N-ethyl adjacent to an activating group) is 1. The fourth-order valence-electron chi connectivity index (χ4n) is 1.69. The topological polar surface area (TPSA) is 104 Å². The summed E-state index contributed by atoms with van der Waals surface area (Å²) in [6, 6.07) is 5.17. The zero-order chi connectivity index (χ0) is 16.2. The third-order valence-corrected chi connectivity index (χ3v) is 4.48. The molecule has 0 unspecified atom stereocenters. The Balaban J connectivity index is 3.06. The molecule has 0 bridgehead atoms. The third kappa shape index (κ3) is 4.27. The Labute approximate surface area is 123 Å². The van der Waals surface area contributed by atoms with E-state index in [1.54, 1.807) is 13.8 Å². The number of carboxylic acid groups (broad SMARTS) is 1. The highest BCUT2D eigenvalue weighted by Crippen LogP contribution is 2.19. The van der Waals surface area contributed by atoms with Crippen LogP contribution in [0.25, 0.3) is 0 Å². The molecule has 0 fully saturated rings. The lowest BCUT2D eigenvalue weighted by Crippen LogP contribution is -2.41. The van der Waals surface area contributed by atoms with Gasteiger partial charge in [-0.3, -0.25) is 4.79 Å². The fraction of sp³-hybridized carbons (Fsp3) is 0.385. The number of carbonyl (C=O) groups is 2. The molecule has 8 heteroatoms. The van der Waals surface area contributed by atoms with Gasteiger partial charge < -0.3 is 10.4 Å². The van der Waals surface area contributed by atoms with Crippen molar-refractivity contribution in [3.63, 3.8) is 0 Å². The fourth-order valence-corrected chi connectivity index (χ4v) is 3.00. The van der Waals surface area contributed by atoms with E-state index in [9.17, 15) is 18.0 Å². The maximum Gasteiger partial charge on any atom is 0.337 e. The Morgan fingerprint density at radius 1 is 1.29 bits per heavy atom. The van der Waals surface area contributed by atoms with Crippen molar-refractivity contribution in [1.82, 2.24) is 9.62 Å². The molecule has 0 heterocycles. The molecular weight excluding hydrogens is 296 g/mol. The molecule has 0 aromatic heterocycles. The molecule has 1 aromatic carbocycles. The van der Waals surface area contributed by atoms with E-state index in [1.807, 2.05) is 0 Å². The Bertz CT molecular complexity index is 640. The molecule has 0 saturated carbocycles. The first kappa shape index (κ1) is 17.1. The van der Waals surface area contributed by atoms with Crippen molar-refractivity contribution in [2.24, 2.45) is 0 Å². The second kappa shape index (κ2) is 6.68.